The summed E-state index contributed by atoms with van der Waals surface area (Å²) < 4.78 is 15.9. The fraction of sp³-hybridized carbons (Fsp3) is 0.278. The van der Waals surface area contributed by atoms with Crippen LogP contribution < -0.4 is 19.5 Å². The number of carbonyl (C=O) groups excluding carboxylic acids is 1. The number of nitrogens with one attached hydrogen (secondary N) is 1. The Labute approximate surface area is 136 Å². The molecule has 0 aliphatic rings. The van der Waals surface area contributed by atoms with Crippen LogP contribution in [0.3, 0.4) is 0 Å². The molecule has 2 aromatic carbocycles. The average molecular weight is 315 g/mol. The van der Waals surface area contributed by atoms with E-state index in [0.717, 1.165) is 11.3 Å². The SMILES string of the molecule is COc1cc(OC)cc(C(=O)NCCOc2cccc(C)c2)c1. The number of benzene rings is 2. The molecule has 0 aliphatic heterocycles. The number of ether oxygens (including phenoxy) is 3. The summed E-state index contributed by atoms with van der Waals surface area (Å²) in [5.41, 5.74) is 1.62. The average Bonchev–Trinajstić information content (AvgIpc) is 2.58. The van der Waals surface area contributed by atoms with Gasteiger partial charge in [-0.1, -0.05) is 12.1 Å². The molecule has 2 rings (SSSR count). The number of hydrogen-bond acceptors (Lipinski definition) is 4. The van der Waals surface area contributed by atoms with Crippen molar-refractivity contribution in [1.82, 2.24) is 5.32 Å². The van der Waals surface area contributed by atoms with Crippen LogP contribution in [0.15, 0.2) is 42.5 Å². The number of aryl methyl sites for hydroxylation is 1. The molecule has 0 aromatic heterocycles. The van der Waals surface area contributed by atoms with Crippen molar-refractivity contribution in [2.45, 2.75) is 6.92 Å². The van der Waals surface area contributed by atoms with E-state index in [9.17, 15) is 4.79 Å². The smallest absolute Gasteiger partial charge is 0.251 e. The van der Waals surface area contributed by atoms with Crippen molar-refractivity contribution < 1.29 is 19.0 Å². The normalized spacial score (nSPS) is 10.0. The maximum atomic E-state index is 12.2. The number of methoxy groups -OCH3 is 2. The molecule has 0 fully saturated rings. The van der Waals surface area contributed by atoms with Crippen molar-refractivity contribution >= 4 is 5.91 Å². The Hall–Kier alpha value is -2.69. The monoisotopic (exact) mass is 315 g/mol. The Morgan fingerprint density at radius 2 is 1.70 bits per heavy atom. The van der Waals surface area contributed by atoms with Crippen LogP contribution in [0.1, 0.15) is 15.9 Å². The van der Waals surface area contributed by atoms with Gasteiger partial charge in [0, 0.05) is 11.6 Å². The van der Waals surface area contributed by atoms with Crippen molar-refractivity contribution in [3.8, 4) is 17.2 Å². The van der Waals surface area contributed by atoms with Gasteiger partial charge in [-0.25, -0.2) is 0 Å². The lowest BCUT2D eigenvalue weighted by Gasteiger charge is -2.10. The third-order valence-corrected chi connectivity index (χ3v) is 3.26. The van der Waals surface area contributed by atoms with E-state index in [1.165, 1.54) is 0 Å². The molecule has 0 bridgehead atoms. The lowest BCUT2D eigenvalue weighted by Crippen LogP contribution is -2.28. The summed E-state index contributed by atoms with van der Waals surface area (Å²) >= 11 is 0. The van der Waals surface area contributed by atoms with Gasteiger partial charge in [0.15, 0.2) is 0 Å². The van der Waals surface area contributed by atoms with E-state index in [1.807, 2.05) is 31.2 Å². The maximum absolute atomic E-state index is 12.2. The van der Waals surface area contributed by atoms with Gasteiger partial charge in [-0.15, -0.1) is 0 Å². The second kappa shape index (κ2) is 8.08. The first kappa shape index (κ1) is 16.7. The van der Waals surface area contributed by atoms with Crippen molar-refractivity contribution in [2.75, 3.05) is 27.4 Å². The Balaban J connectivity index is 1.87. The molecule has 0 saturated carbocycles. The third-order valence-electron chi connectivity index (χ3n) is 3.26. The zero-order valence-electron chi connectivity index (χ0n) is 13.6. The van der Waals surface area contributed by atoms with Gasteiger partial charge in [0.2, 0.25) is 0 Å². The topological polar surface area (TPSA) is 56.8 Å². The molecule has 0 saturated heterocycles. The zero-order valence-corrected chi connectivity index (χ0v) is 13.6. The van der Waals surface area contributed by atoms with Crippen LogP contribution in [0, 0.1) is 6.92 Å². The molecule has 0 heterocycles. The third kappa shape index (κ3) is 4.92. The van der Waals surface area contributed by atoms with Crippen LogP contribution in [0.2, 0.25) is 0 Å². The first-order chi connectivity index (χ1) is 11.1. The van der Waals surface area contributed by atoms with Crippen molar-refractivity contribution in [3.05, 3.63) is 53.6 Å². The number of amides is 1. The standard InChI is InChI=1S/C18H21NO4/c1-13-5-4-6-15(9-13)23-8-7-19-18(20)14-10-16(21-2)12-17(11-14)22-3/h4-6,9-12H,7-8H2,1-3H3,(H,19,20). The van der Waals surface area contributed by atoms with E-state index in [-0.39, 0.29) is 5.91 Å². The molecule has 0 spiro atoms. The number of carbonyl (C=O) groups is 1. The van der Waals surface area contributed by atoms with Crippen LogP contribution in [-0.2, 0) is 0 Å². The van der Waals surface area contributed by atoms with E-state index in [1.54, 1.807) is 32.4 Å². The summed E-state index contributed by atoms with van der Waals surface area (Å²) in [6.45, 7) is 2.81. The molecule has 0 unspecified atom stereocenters. The Morgan fingerprint density at radius 1 is 1.00 bits per heavy atom. The largest absolute Gasteiger partial charge is 0.497 e. The highest BCUT2D eigenvalue weighted by Crippen LogP contribution is 2.22. The fourth-order valence-corrected chi connectivity index (χ4v) is 2.08. The Morgan fingerprint density at radius 3 is 2.30 bits per heavy atom. The first-order valence-electron chi connectivity index (χ1n) is 7.33. The van der Waals surface area contributed by atoms with Crippen LogP contribution >= 0.6 is 0 Å². The molecule has 0 atom stereocenters. The highest BCUT2D eigenvalue weighted by molar-refractivity contribution is 5.95. The van der Waals surface area contributed by atoms with Crippen LogP contribution in [-0.4, -0.2) is 33.3 Å². The van der Waals surface area contributed by atoms with Gasteiger partial charge in [0.05, 0.1) is 20.8 Å². The molecule has 2 aromatic rings. The number of rotatable bonds is 7. The molecular formula is C18H21NO4. The Kier molecular flexibility index (Phi) is 5.86. The molecule has 5 nitrogen and oxygen atoms in total. The van der Waals surface area contributed by atoms with Crippen LogP contribution in [0.25, 0.3) is 0 Å². The quantitative estimate of drug-likeness (QED) is 0.798. The molecule has 0 radical (unpaired) electrons. The molecule has 1 N–H and O–H groups in total. The summed E-state index contributed by atoms with van der Waals surface area (Å²) in [6, 6.07) is 12.8. The van der Waals surface area contributed by atoms with Gasteiger partial charge < -0.3 is 19.5 Å². The van der Waals surface area contributed by atoms with Gasteiger partial charge >= 0.3 is 0 Å². The minimum absolute atomic E-state index is 0.199. The molecule has 122 valence electrons. The molecule has 1 amide bonds. The van der Waals surface area contributed by atoms with Gasteiger partial charge in [-0.3, -0.25) is 4.79 Å². The van der Waals surface area contributed by atoms with E-state index in [2.05, 4.69) is 5.32 Å². The highest BCUT2D eigenvalue weighted by atomic mass is 16.5. The minimum Gasteiger partial charge on any atom is -0.497 e. The van der Waals surface area contributed by atoms with Crippen molar-refractivity contribution in [3.63, 3.8) is 0 Å². The molecule has 23 heavy (non-hydrogen) atoms. The van der Waals surface area contributed by atoms with Gasteiger partial charge in [0.25, 0.3) is 5.91 Å². The highest BCUT2D eigenvalue weighted by Gasteiger charge is 2.09. The second-order valence-electron chi connectivity index (χ2n) is 5.02. The summed E-state index contributed by atoms with van der Waals surface area (Å²) in [4.78, 5) is 12.2. The maximum Gasteiger partial charge on any atom is 0.251 e. The number of hydrogen-bond donors (Lipinski definition) is 1. The fourth-order valence-electron chi connectivity index (χ4n) is 2.08. The first-order valence-corrected chi connectivity index (χ1v) is 7.33. The summed E-state index contributed by atoms with van der Waals surface area (Å²) in [5.74, 6) is 1.74. The minimum atomic E-state index is -0.199. The van der Waals surface area contributed by atoms with Gasteiger partial charge in [-0.05, 0) is 36.8 Å². The van der Waals surface area contributed by atoms with E-state index in [0.29, 0.717) is 30.2 Å². The zero-order chi connectivity index (χ0) is 16.7. The molecular weight excluding hydrogens is 294 g/mol. The summed E-state index contributed by atoms with van der Waals surface area (Å²) in [5, 5.41) is 2.81. The van der Waals surface area contributed by atoms with Crippen molar-refractivity contribution in [2.24, 2.45) is 0 Å². The Bertz CT molecular complexity index is 648. The molecule has 0 aliphatic carbocycles. The van der Waals surface area contributed by atoms with E-state index < -0.39 is 0 Å². The van der Waals surface area contributed by atoms with E-state index >= 15 is 0 Å². The van der Waals surface area contributed by atoms with Crippen LogP contribution in [0.5, 0.6) is 17.2 Å². The predicted octanol–water partition coefficient (Wildman–Crippen LogP) is 2.82. The van der Waals surface area contributed by atoms with E-state index in [4.69, 9.17) is 14.2 Å². The summed E-state index contributed by atoms with van der Waals surface area (Å²) in [7, 11) is 3.10. The molecule has 5 heteroatoms. The second-order valence-corrected chi connectivity index (χ2v) is 5.02. The lowest BCUT2D eigenvalue weighted by atomic mass is 10.2. The van der Waals surface area contributed by atoms with Crippen LogP contribution in [0.4, 0.5) is 0 Å². The van der Waals surface area contributed by atoms with Crippen molar-refractivity contribution in [1.29, 1.82) is 0 Å². The predicted molar refractivity (Wildman–Crippen MR) is 88.6 cm³/mol. The lowest BCUT2D eigenvalue weighted by molar-refractivity contribution is 0.0946. The van der Waals surface area contributed by atoms with Gasteiger partial charge in [-0.2, -0.15) is 0 Å². The summed E-state index contributed by atoms with van der Waals surface area (Å²) in [6.07, 6.45) is 0. The van der Waals surface area contributed by atoms with Gasteiger partial charge in [0.1, 0.15) is 23.9 Å².